The SMILES string of the molecule is CCN1CCN(C(=O)c2cc(C)nc(NCCC(C)C)n2)CC1. The second kappa shape index (κ2) is 8.24. The third-order valence-electron chi connectivity index (χ3n) is 4.18. The molecule has 1 saturated heterocycles. The van der Waals surface area contributed by atoms with Gasteiger partial charge in [0, 0.05) is 38.4 Å². The quantitative estimate of drug-likeness (QED) is 0.869. The van der Waals surface area contributed by atoms with Crippen molar-refractivity contribution in [2.75, 3.05) is 44.6 Å². The fourth-order valence-electron chi connectivity index (χ4n) is 2.66. The van der Waals surface area contributed by atoms with Gasteiger partial charge in [-0.05, 0) is 31.9 Å². The minimum Gasteiger partial charge on any atom is -0.354 e. The van der Waals surface area contributed by atoms with Gasteiger partial charge in [0.15, 0.2) is 0 Å². The van der Waals surface area contributed by atoms with Gasteiger partial charge in [0.1, 0.15) is 5.69 Å². The van der Waals surface area contributed by atoms with E-state index in [9.17, 15) is 4.79 Å². The van der Waals surface area contributed by atoms with Crippen molar-refractivity contribution in [2.24, 2.45) is 5.92 Å². The molecule has 6 heteroatoms. The Balaban J connectivity index is 2.01. The van der Waals surface area contributed by atoms with Gasteiger partial charge in [-0.25, -0.2) is 9.97 Å². The summed E-state index contributed by atoms with van der Waals surface area (Å²) >= 11 is 0. The van der Waals surface area contributed by atoms with Gasteiger partial charge in [-0.2, -0.15) is 0 Å². The number of likely N-dealkylation sites (N-methyl/N-ethyl adjacent to an activating group) is 1. The largest absolute Gasteiger partial charge is 0.354 e. The predicted octanol–water partition coefficient (Wildman–Crippen LogP) is 2.02. The van der Waals surface area contributed by atoms with E-state index in [2.05, 4.69) is 41.0 Å². The molecule has 1 fully saturated rings. The smallest absolute Gasteiger partial charge is 0.272 e. The topological polar surface area (TPSA) is 61.4 Å². The summed E-state index contributed by atoms with van der Waals surface area (Å²) in [6.07, 6.45) is 1.06. The van der Waals surface area contributed by atoms with Gasteiger partial charge in [-0.1, -0.05) is 20.8 Å². The van der Waals surface area contributed by atoms with E-state index in [1.54, 1.807) is 6.07 Å². The highest BCUT2D eigenvalue weighted by Gasteiger charge is 2.22. The molecule has 2 rings (SSSR count). The first-order valence-electron chi connectivity index (χ1n) is 8.60. The van der Waals surface area contributed by atoms with Crippen molar-refractivity contribution in [3.8, 4) is 0 Å². The van der Waals surface area contributed by atoms with E-state index in [1.807, 2.05) is 11.8 Å². The number of anilines is 1. The number of carbonyl (C=O) groups is 1. The van der Waals surface area contributed by atoms with Gasteiger partial charge in [-0.15, -0.1) is 0 Å². The maximum atomic E-state index is 12.7. The zero-order valence-electron chi connectivity index (χ0n) is 14.8. The van der Waals surface area contributed by atoms with Crippen LogP contribution in [0.4, 0.5) is 5.95 Å². The Kier molecular flexibility index (Phi) is 6.33. The van der Waals surface area contributed by atoms with Crippen LogP contribution in [0.3, 0.4) is 0 Å². The minimum absolute atomic E-state index is 0.0122. The molecule has 1 aromatic heterocycles. The third-order valence-corrected chi connectivity index (χ3v) is 4.18. The highest BCUT2D eigenvalue weighted by Crippen LogP contribution is 2.11. The van der Waals surface area contributed by atoms with Gasteiger partial charge in [0.25, 0.3) is 5.91 Å². The van der Waals surface area contributed by atoms with Crippen LogP contribution in [-0.2, 0) is 0 Å². The summed E-state index contributed by atoms with van der Waals surface area (Å²) in [4.78, 5) is 25.7. The molecule has 0 spiro atoms. The number of carbonyl (C=O) groups excluding carboxylic acids is 1. The van der Waals surface area contributed by atoms with Gasteiger partial charge >= 0.3 is 0 Å². The normalized spacial score (nSPS) is 16.0. The average molecular weight is 319 g/mol. The van der Waals surface area contributed by atoms with Crippen molar-refractivity contribution in [3.05, 3.63) is 17.5 Å². The predicted molar refractivity (Wildman–Crippen MR) is 92.7 cm³/mol. The first-order chi connectivity index (χ1) is 11.0. The van der Waals surface area contributed by atoms with Crippen molar-refractivity contribution >= 4 is 11.9 Å². The van der Waals surface area contributed by atoms with Crippen molar-refractivity contribution in [3.63, 3.8) is 0 Å². The Hall–Kier alpha value is -1.69. The fourth-order valence-corrected chi connectivity index (χ4v) is 2.66. The fraction of sp³-hybridized carbons (Fsp3) is 0.706. The van der Waals surface area contributed by atoms with Gasteiger partial charge in [-0.3, -0.25) is 4.79 Å². The molecule has 1 aliphatic heterocycles. The number of rotatable bonds is 6. The van der Waals surface area contributed by atoms with E-state index < -0.39 is 0 Å². The molecule has 1 aliphatic rings. The number of piperazine rings is 1. The summed E-state index contributed by atoms with van der Waals surface area (Å²) in [7, 11) is 0. The Bertz CT molecular complexity index is 524. The molecule has 0 aromatic carbocycles. The molecule has 1 amide bonds. The number of amides is 1. The Morgan fingerprint density at radius 1 is 1.26 bits per heavy atom. The molecular weight excluding hydrogens is 290 g/mol. The zero-order valence-corrected chi connectivity index (χ0v) is 14.8. The summed E-state index contributed by atoms with van der Waals surface area (Å²) in [5.74, 6) is 1.20. The van der Waals surface area contributed by atoms with Crippen molar-refractivity contribution in [2.45, 2.75) is 34.1 Å². The van der Waals surface area contributed by atoms with Crippen LogP contribution in [0.15, 0.2) is 6.07 Å². The molecule has 0 bridgehead atoms. The van der Waals surface area contributed by atoms with Crippen LogP contribution in [0.25, 0.3) is 0 Å². The van der Waals surface area contributed by atoms with Crippen LogP contribution in [0.1, 0.15) is 43.4 Å². The monoisotopic (exact) mass is 319 g/mol. The lowest BCUT2D eigenvalue weighted by atomic mass is 10.1. The molecule has 0 aliphatic carbocycles. The molecule has 1 aromatic rings. The summed E-state index contributed by atoms with van der Waals surface area (Å²) in [5.41, 5.74) is 1.32. The Morgan fingerprint density at radius 2 is 1.96 bits per heavy atom. The highest BCUT2D eigenvalue weighted by atomic mass is 16.2. The lowest BCUT2D eigenvalue weighted by Crippen LogP contribution is -2.48. The second-order valence-electron chi connectivity index (χ2n) is 6.55. The molecule has 0 atom stereocenters. The van der Waals surface area contributed by atoms with Crippen LogP contribution >= 0.6 is 0 Å². The number of hydrogen-bond acceptors (Lipinski definition) is 5. The molecule has 0 saturated carbocycles. The number of nitrogens with zero attached hydrogens (tertiary/aromatic N) is 4. The molecule has 23 heavy (non-hydrogen) atoms. The van der Waals surface area contributed by atoms with Crippen molar-refractivity contribution < 1.29 is 4.79 Å². The maximum absolute atomic E-state index is 12.7. The molecule has 1 N–H and O–H groups in total. The zero-order chi connectivity index (χ0) is 16.8. The van der Waals surface area contributed by atoms with Gasteiger partial charge < -0.3 is 15.1 Å². The molecule has 2 heterocycles. The summed E-state index contributed by atoms with van der Waals surface area (Å²) < 4.78 is 0. The lowest BCUT2D eigenvalue weighted by Gasteiger charge is -2.33. The molecule has 128 valence electrons. The average Bonchev–Trinajstić information content (AvgIpc) is 2.53. The highest BCUT2D eigenvalue weighted by molar-refractivity contribution is 5.92. The van der Waals surface area contributed by atoms with Crippen molar-refractivity contribution in [1.82, 2.24) is 19.8 Å². The van der Waals surface area contributed by atoms with Crippen molar-refractivity contribution in [1.29, 1.82) is 0 Å². The number of aryl methyl sites for hydroxylation is 1. The molecular formula is C17H29N5O. The van der Waals surface area contributed by atoms with Crippen LogP contribution in [0.5, 0.6) is 0 Å². The second-order valence-corrected chi connectivity index (χ2v) is 6.55. The Morgan fingerprint density at radius 3 is 2.57 bits per heavy atom. The van der Waals surface area contributed by atoms with Crippen LogP contribution in [0, 0.1) is 12.8 Å². The first-order valence-corrected chi connectivity index (χ1v) is 8.60. The molecule has 6 nitrogen and oxygen atoms in total. The summed E-state index contributed by atoms with van der Waals surface area (Å²) in [5, 5.41) is 3.23. The number of hydrogen-bond donors (Lipinski definition) is 1. The van der Waals surface area contributed by atoms with E-state index in [-0.39, 0.29) is 5.91 Å². The maximum Gasteiger partial charge on any atom is 0.272 e. The molecule has 0 radical (unpaired) electrons. The van der Waals surface area contributed by atoms with Crippen LogP contribution in [-0.4, -0.2) is 64.9 Å². The Labute approximate surface area is 139 Å². The van der Waals surface area contributed by atoms with Gasteiger partial charge in [0.2, 0.25) is 5.95 Å². The first kappa shape index (κ1) is 17.7. The van der Waals surface area contributed by atoms with Gasteiger partial charge in [0.05, 0.1) is 0 Å². The minimum atomic E-state index is 0.0122. The van der Waals surface area contributed by atoms with E-state index in [0.717, 1.165) is 51.4 Å². The number of aromatic nitrogens is 2. The standard InChI is InChI=1S/C17H29N5O/c1-5-21-8-10-22(11-9-21)16(23)15-12-14(4)19-17(20-15)18-7-6-13(2)3/h12-13H,5-11H2,1-4H3,(H,18,19,20). The third kappa shape index (κ3) is 5.16. The summed E-state index contributed by atoms with van der Waals surface area (Å²) in [6.45, 7) is 13.7. The van der Waals surface area contributed by atoms with E-state index in [0.29, 0.717) is 17.6 Å². The van der Waals surface area contributed by atoms with Crippen LogP contribution in [0.2, 0.25) is 0 Å². The van der Waals surface area contributed by atoms with E-state index >= 15 is 0 Å². The lowest BCUT2D eigenvalue weighted by molar-refractivity contribution is 0.0637. The molecule has 0 unspecified atom stereocenters. The number of nitrogens with one attached hydrogen (secondary N) is 1. The van der Waals surface area contributed by atoms with Crippen LogP contribution < -0.4 is 5.32 Å². The summed E-state index contributed by atoms with van der Waals surface area (Å²) in [6, 6.07) is 1.78. The van der Waals surface area contributed by atoms with E-state index in [1.165, 1.54) is 0 Å². The van der Waals surface area contributed by atoms with E-state index in [4.69, 9.17) is 0 Å².